The van der Waals surface area contributed by atoms with Crippen molar-refractivity contribution in [1.29, 1.82) is 0 Å². The molecule has 9 rings (SSSR count). The molecule has 0 fully saturated rings. The second-order valence-electron chi connectivity index (χ2n) is 16.2. The van der Waals surface area contributed by atoms with Gasteiger partial charge in [-0.3, -0.25) is 0 Å². The van der Waals surface area contributed by atoms with Crippen molar-refractivity contribution in [2.45, 2.75) is 46.8 Å². The molecule has 0 aliphatic carbocycles. The first kappa shape index (κ1) is 37.9. The fourth-order valence-electron chi connectivity index (χ4n) is 7.37. The zero-order chi connectivity index (χ0) is 42.7. The van der Waals surface area contributed by atoms with Gasteiger partial charge in [0, 0.05) is 41.3 Å². The van der Waals surface area contributed by atoms with Crippen molar-refractivity contribution in [2.75, 3.05) is 0 Å². The van der Waals surface area contributed by atoms with Crippen LogP contribution in [0, 0.1) is 24.9 Å². The molecular weight excluding hydrogens is 929 g/mol. The van der Waals surface area contributed by atoms with E-state index in [0.29, 0.717) is 17.0 Å². The van der Waals surface area contributed by atoms with E-state index in [2.05, 4.69) is 154 Å². The van der Waals surface area contributed by atoms with E-state index >= 15 is 0 Å². The summed E-state index contributed by atoms with van der Waals surface area (Å²) in [5.41, 5.74) is 11.9. The molecule has 6 aromatic carbocycles. The van der Waals surface area contributed by atoms with Gasteiger partial charge in [-0.05, 0) is 85.0 Å². The summed E-state index contributed by atoms with van der Waals surface area (Å²) < 4.78 is 26.1. The molecular formula is C54H48IrN2SSi-2. The molecule has 0 N–H and O–H groups in total. The Kier molecular flexibility index (Phi) is 11.8. The number of thiophene rings is 1. The Balaban J connectivity index is 0.000000192. The number of hydrogen-bond acceptors (Lipinski definition) is 3. The van der Waals surface area contributed by atoms with E-state index < -0.39 is 14.9 Å². The van der Waals surface area contributed by atoms with Gasteiger partial charge in [0.05, 0.1) is 8.07 Å². The maximum absolute atomic E-state index is 7.84. The van der Waals surface area contributed by atoms with Crippen molar-refractivity contribution in [3.05, 3.63) is 187 Å². The molecule has 0 aliphatic rings. The fraction of sp³-hybridized carbons (Fsp3) is 0.148. The Bertz CT molecular complexity index is 2930. The standard InChI is InChI=1S/C33H26NS.C21H22NSi.Ir/c1-22(2)18-23-16-17-34-31(19-23)28-15-9-14-27-30-21-26(24-10-5-3-6-11-24)20-29(33(30)35-32(27)28)25-12-7-4-8-13-25;1-16-10-11-18(14-20(16)17-8-6-5-7-9-17)21-13-12-19(15-22-21)23(2,3)4;/h3-14,16-17,19-22H,18H2,1-2H3;5-10,12-15H,1-4H3;/q2*-1;/i;1D3;. The fourth-order valence-corrected chi connectivity index (χ4v) is 9.72. The van der Waals surface area contributed by atoms with Crippen LogP contribution in [-0.4, -0.2) is 18.0 Å². The molecule has 3 heterocycles. The van der Waals surface area contributed by atoms with Crippen LogP contribution in [0.25, 0.3) is 76.1 Å². The van der Waals surface area contributed by atoms with Gasteiger partial charge in [-0.15, -0.1) is 53.1 Å². The summed E-state index contributed by atoms with van der Waals surface area (Å²) in [6.45, 7) is 9.19. The van der Waals surface area contributed by atoms with Crippen molar-refractivity contribution in [1.82, 2.24) is 9.97 Å². The summed E-state index contributed by atoms with van der Waals surface area (Å²) in [4.78, 5) is 9.36. The summed E-state index contributed by atoms with van der Waals surface area (Å²) in [7, 11) is -1.40. The van der Waals surface area contributed by atoms with Gasteiger partial charge in [0.1, 0.15) is 0 Å². The van der Waals surface area contributed by atoms with E-state index in [1.54, 1.807) is 6.07 Å². The third kappa shape index (κ3) is 9.46. The molecule has 9 aromatic rings. The number of aryl methyl sites for hydroxylation is 1. The molecule has 0 saturated carbocycles. The number of pyridine rings is 2. The van der Waals surface area contributed by atoms with Crippen molar-refractivity contribution >= 4 is 44.8 Å². The minimum Gasteiger partial charge on any atom is -0.305 e. The quantitative estimate of drug-likeness (QED) is 0.112. The Morgan fingerprint density at radius 3 is 1.95 bits per heavy atom. The molecule has 0 unspecified atom stereocenters. The molecule has 1 radical (unpaired) electrons. The Hall–Kier alpha value is -5.29. The van der Waals surface area contributed by atoms with E-state index in [-0.39, 0.29) is 20.1 Å². The molecule has 3 aromatic heterocycles. The number of hydrogen-bond donors (Lipinski definition) is 0. The predicted octanol–water partition coefficient (Wildman–Crippen LogP) is 14.5. The maximum atomic E-state index is 7.84. The van der Waals surface area contributed by atoms with E-state index in [1.165, 1.54) is 53.2 Å². The molecule has 0 spiro atoms. The maximum Gasteiger partial charge on any atom is 0.0795 e. The summed E-state index contributed by atoms with van der Waals surface area (Å²) in [6.07, 6.45) is 4.93. The Morgan fingerprint density at radius 2 is 1.32 bits per heavy atom. The van der Waals surface area contributed by atoms with E-state index in [9.17, 15) is 0 Å². The predicted molar refractivity (Wildman–Crippen MR) is 252 cm³/mol. The molecule has 0 bridgehead atoms. The Morgan fingerprint density at radius 1 is 0.644 bits per heavy atom. The molecule has 2 nitrogen and oxygen atoms in total. The molecule has 59 heavy (non-hydrogen) atoms. The first-order chi connectivity index (χ1) is 29.3. The summed E-state index contributed by atoms with van der Waals surface area (Å²) in [5, 5.41) is 3.85. The van der Waals surface area contributed by atoms with Gasteiger partial charge in [-0.1, -0.05) is 166 Å². The molecule has 0 aliphatic heterocycles. The van der Waals surface area contributed by atoms with Crippen molar-refractivity contribution < 1.29 is 24.2 Å². The SMILES string of the molecule is CC(C)Cc1ccnc(-c2[c-]ccc3c2sc2c(-c4ccccc4)cc(-c4ccccc4)cc23)c1.[2H]C([2H])([2H])c1c[c-]c(-c2ccc([Si](C)(C)C)cn2)cc1-c1ccccc1.[Ir]. The van der Waals surface area contributed by atoms with Crippen molar-refractivity contribution in [3.8, 4) is 55.9 Å². The first-order valence-corrected chi connectivity index (χ1v) is 24.2. The molecule has 0 saturated heterocycles. The zero-order valence-corrected chi connectivity index (χ0v) is 38.2. The average Bonchev–Trinajstić information content (AvgIpc) is 3.65. The van der Waals surface area contributed by atoms with Gasteiger partial charge in [0.25, 0.3) is 0 Å². The monoisotopic (exact) mass is 980 g/mol. The Labute approximate surface area is 372 Å². The van der Waals surface area contributed by atoms with Gasteiger partial charge in [0.15, 0.2) is 0 Å². The van der Waals surface area contributed by atoms with Gasteiger partial charge in [-0.2, -0.15) is 11.3 Å². The normalized spacial score (nSPS) is 12.3. The van der Waals surface area contributed by atoms with Gasteiger partial charge in [0.2, 0.25) is 0 Å². The summed E-state index contributed by atoms with van der Waals surface area (Å²) in [5.74, 6) is 0.610. The summed E-state index contributed by atoms with van der Waals surface area (Å²) in [6, 6.07) is 58.6. The zero-order valence-electron chi connectivity index (χ0n) is 37.0. The number of nitrogens with zero attached hydrogens (tertiary/aromatic N) is 2. The minimum absolute atomic E-state index is 0. The average molecular weight is 980 g/mol. The number of aromatic nitrogens is 2. The molecule has 5 heteroatoms. The van der Waals surface area contributed by atoms with Crippen LogP contribution in [0.2, 0.25) is 19.6 Å². The summed E-state index contributed by atoms with van der Waals surface area (Å²) >= 11 is 1.86. The first-order valence-electron chi connectivity index (χ1n) is 21.4. The van der Waals surface area contributed by atoms with E-state index in [1.807, 2.05) is 66.2 Å². The minimum atomic E-state index is -2.19. The van der Waals surface area contributed by atoms with Crippen molar-refractivity contribution in [2.24, 2.45) is 5.92 Å². The second-order valence-corrected chi connectivity index (χ2v) is 22.3. The topological polar surface area (TPSA) is 25.8 Å². The van der Waals surface area contributed by atoms with E-state index in [0.717, 1.165) is 34.5 Å². The van der Waals surface area contributed by atoms with Gasteiger partial charge >= 0.3 is 0 Å². The van der Waals surface area contributed by atoms with Crippen LogP contribution in [0.4, 0.5) is 0 Å². The number of fused-ring (bicyclic) bond motifs is 3. The van der Waals surface area contributed by atoms with E-state index in [4.69, 9.17) is 9.10 Å². The number of rotatable bonds is 8. The van der Waals surface area contributed by atoms with Gasteiger partial charge in [-0.25, -0.2) is 0 Å². The van der Waals surface area contributed by atoms with Crippen LogP contribution in [0.1, 0.15) is 29.1 Å². The molecule has 295 valence electrons. The van der Waals surface area contributed by atoms with Crippen LogP contribution in [0.3, 0.4) is 0 Å². The van der Waals surface area contributed by atoms with Crippen LogP contribution < -0.4 is 5.19 Å². The smallest absolute Gasteiger partial charge is 0.0795 e. The third-order valence-electron chi connectivity index (χ3n) is 10.4. The molecule has 0 atom stereocenters. The number of benzene rings is 6. The van der Waals surface area contributed by atoms with Crippen LogP contribution in [0.15, 0.2) is 164 Å². The van der Waals surface area contributed by atoms with Crippen molar-refractivity contribution in [3.63, 3.8) is 0 Å². The van der Waals surface area contributed by atoms with Gasteiger partial charge < -0.3 is 9.97 Å². The van der Waals surface area contributed by atoms with Crippen LogP contribution >= 0.6 is 11.3 Å². The third-order valence-corrected chi connectivity index (χ3v) is 13.7. The van der Waals surface area contributed by atoms with Crippen LogP contribution in [0.5, 0.6) is 0 Å². The largest absolute Gasteiger partial charge is 0.305 e. The molecule has 0 amide bonds. The van der Waals surface area contributed by atoms with Crippen LogP contribution in [-0.2, 0) is 26.5 Å². The second kappa shape index (κ2) is 18.3.